The monoisotopic (exact) mass is 399 g/mol. The van der Waals surface area contributed by atoms with Gasteiger partial charge in [0, 0.05) is 19.6 Å². The molecule has 29 heavy (non-hydrogen) atoms. The Bertz CT molecular complexity index is 797. The molecule has 1 fully saturated rings. The highest BCUT2D eigenvalue weighted by Gasteiger charge is 2.38. The third-order valence-corrected chi connectivity index (χ3v) is 7.01. The molecule has 2 atom stereocenters. The highest BCUT2D eigenvalue weighted by Crippen LogP contribution is 2.50. The minimum absolute atomic E-state index is 0.0956. The van der Waals surface area contributed by atoms with E-state index in [4.69, 9.17) is 9.47 Å². The summed E-state index contributed by atoms with van der Waals surface area (Å²) in [6.45, 7) is 1.61. The number of ketones is 1. The lowest BCUT2D eigenvalue weighted by atomic mass is 9.89. The summed E-state index contributed by atoms with van der Waals surface area (Å²) in [7, 11) is 5.94. The van der Waals surface area contributed by atoms with Crippen molar-refractivity contribution in [3.8, 4) is 5.88 Å². The van der Waals surface area contributed by atoms with Gasteiger partial charge in [-0.15, -0.1) is 0 Å². The molecule has 1 heterocycles. The second kappa shape index (κ2) is 8.52. The van der Waals surface area contributed by atoms with E-state index in [-0.39, 0.29) is 18.0 Å². The number of ether oxygens (including phenoxy) is 2. The summed E-state index contributed by atoms with van der Waals surface area (Å²) >= 11 is 0. The van der Waals surface area contributed by atoms with Gasteiger partial charge < -0.3 is 14.4 Å². The Morgan fingerprint density at radius 1 is 1.21 bits per heavy atom. The van der Waals surface area contributed by atoms with E-state index in [1.54, 1.807) is 20.4 Å². The summed E-state index contributed by atoms with van der Waals surface area (Å²) in [5, 5.41) is 0. The molecular formula is C23H33N3O3. The number of methoxy groups -OCH3 is 1. The van der Waals surface area contributed by atoms with Crippen molar-refractivity contribution in [2.24, 2.45) is 5.92 Å². The van der Waals surface area contributed by atoms with Crippen LogP contribution < -0.4 is 4.74 Å². The maximum Gasteiger partial charge on any atom is 0.224 e. The van der Waals surface area contributed by atoms with Crippen molar-refractivity contribution >= 4 is 11.4 Å². The predicted molar refractivity (Wildman–Crippen MR) is 112 cm³/mol. The number of nitrogens with zero attached hydrogens (tertiary/aromatic N) is 3. The standard InChI is InChI=1S/C23H33N3O3/c1-14(27)20(28-4)12-16-6-5-15-11-19-22(21(15)16)23(25-13-24-19)29-18-9-7-17(8-10-18)26(2)3/h13,16-18,20H,5-12H2,1-4H3/t16-,17-,18-,20-/m1/s1. The molecule has 0 saturated heterocycles. The Balaban J connectivity index is 1.52. The van der Waals surface area contributed by atoms with Gasteiger partial charge in [0.15, 0.2) is 5.78 Å². The second-order valence-corrected chi connectivity index (χ2v) is 9.01. The first-order valence-electron chi connectivity index (χ1n) is 10.9. The van der Waals surface area contributed by atoms with Crippen LogP contribution in [0.15, 0.2) is 11.9 Å². The normalized spacial score (nSPS) is 27.1. The highest BCUT2D eigenvalue weighted by molar-refractivity contribution is 5.83. The van der Waals surface area contributed by atoms with Crippen LogP contribution in [-0.2, 0) is 16.0 Å². The first-order valence-corrected chi connectivity index (χ1v) is 10.9. The van der Waals surface area contributed by atoms with Crippen LogP contribution in [0, 0.1) is 5.92 Å². The van der Waals surface area contributed by atoms with Gasteiger partial charge in [-0.2, -0.15) is 0 Å². The van der Waals surface area contributed by atoms with Gasteiger partial charge in [0.05, 0.1) is 11.3 Å². The average Bonchev–Trinajstić information content (AvgIpc) is 3.26. The van der Waals surface area contributed by atoms with Gasteiger partial charge in [-0.05, 0) is 77.5 Å². The average molecular weight is 400 g/mol. The van der Waals surface area contributed by atoms with Crippen molar-refractivity contribution < 1.29 is 14.3 Å². The highest BCUT2D eigenvalue weighted by atomic mass is 16.5. The van der Waals surface area contributed by atoms with Crippen LogP contribution in [0.1, 0.15) is 63.1 Å². The SMILES string of the molecule is CO[C@H](C[C@H]1CCC2=C1c1c(ncnc1O[C@H]1CC[C@H](N(C)C)CC1)C2)C(C)=O. The van der Waals surface area contributed by atoms with Gasteiger partial charge in [-0.1, -0.05) is 5.57 Å². The van der Waals surface area contributed by atoms with Gasteiger partial charge in [-0.3, -0.25) is 4.79 Å². The number of allylic oxidation sites excluding steroid dienone is 2. The van der Waals surface area contributed by atoms with Crippen LogP contribution in [0.3, 0.4) is 0 Å². The molecule has 0 bridgehead atoms. The molecule has 3 aliphatic rings. The Labute approximate surface area is 173 Å². The number of carbonyl (C=O) groups excluding carboxylic acids is 1. The molecule has 4 rings (SSSR count). The van der Waals surface area contributed by atoms with Crippen LogP contribution in [0.4, 0.5) is 0 Å². The Morgan fingerprint density at radius 2 is 1.97 bits per heavy atom. The lowest BCUT2D eigenvalue weighted by Gasteiger charge is -2.33. The number of rotatable bonds is 7. The third-order valence-electron chi connectivity index (χ3n) is 7.01. The molecule has 1 saturated carbocycles. The Kier molecular flexibility index (Phi) is 6.02. The molecule has 0 spiro atoms. The first kappa shape index (κ1) is 20.5. The van der Waals surface area contributed by atoms with E-state index in [1.165, 1.54) is 11.1 Å². The van der Waals surface area contributed by atoms with Crippen molar-refractivity contribution in [2.75, 3.05) is 21.2 Å². The Morgan fingerprint density at radius 3 is 2.62 bits per heavy atom. The minimum atomic E-state index is -0.341. The fourth-order valence-electron chi connectivity index (χ4n) is 5.34. The van der Waals surface area contributed by atoms with Crippen LogP contribution >= 0.6 is 0 Å². The summed E-state index contributed by atoms with van der Waals surface area (Å²) < 4.78 is 11.9. The van der Waals surface area contributed by atoms with Gasteiger partial charge >= 0.3 is 0 Å². The van der Waals surface area contributed by atoms with Gasteiger partial charge in [-0.25, -0.2) is 9.97 Å². The van der Waals surface area contributed by atoms with Crippen LogP contribution in [0.5, 0.6) is 5.88 Å². The molecule has 1 aromatic rings. The van der Waals surface area contributed by atoms with Gasteiger partial charge in [0.25, 0.3) is 0 Å². The zero-order chi connectivity index (χ0) is 20.5. The zero-order valence-electron chi connectivity index (χ0n) is 18.1. The van der Waals surface area contributed by atoms with Crippen molar-refractivity contribution in [1.82, 2.24) is 14.9 Å². The Hall–Kier alpha value is -1.79. The van der Waals surface area contributed by atoms with Crippen molar-refractivity contribution in [1.29, 1.82) is 0 Å². The molecule has 6 nitrogen and oxygen atoms in total. The fourth-order valence-corrected chi connectivity index (χ4v) is 5.34. The molecule has 6 heteroatoms. The van der Waals surface area contributed by atoms with E-state index in [0.717, 1.165) is 68.5 Å². The maximum absolute atomic E-state index is 11.9. The summed E-state index contributed by atoms with van der Waals surface area (Å²) in [4.78, 5) is 23.3. The van der Waals surface area contributed by atoms with Gasteiger partial charge in [0.2, 0.25) is 5.88 Å². The van der Waals surface area contributed by atoms with E-state index in [2.05, 4.69) is 29.0 Å². The van der Waals surface area contributed by atoms with E-state index in [1.807, 2.05) is 0 Å². The van der Waals surface area contributed by atoms with Crippen molar-refractivity contribution in [2.45, 2.75) is 76.5 Å². The van der Waals surface area contributed by atoms with E-state index < -0.39 is 0 Å². The number of carbonyl (C=O) groups is 1. The van der Waals surface area contributed by atoms with Crippen molar-refractivity contribution in [3.05, 3.63) is 23.2 Å². The van der Waals surface area contributed by atoms with E-state index in [0.29, 0.717) is 12.0 Å². The topological polar surface area (TPSA) is 64.6 Å². The van der Waals surface area contributed by atoms with Gasteiger partial charge in [0.1, 0.15) is 18.5 Å². The molecule has 0 aromatic carbocycles. The lowest BCUT2D eigenvalue weighted by molar-refractivity contribution is -0.127. The number of fused-ring (bicyclic) bond motifs is 2. The number of hydrogen-bond acceptors (Lipinski definition) is 6. The van der Waals surface area contributed by atoms with E-state index in [9.17, 15) is 4.79 Å². The summed E-state index contributed by atoms with van der Waals surface area (Å²) in [5.74, 6) is 1.16. The summed E-state index contributed by atoms with van der Waals surface area (Å²) in [6.07, 6.45) is 9.73. The molecular weight excluding hydrogens is 366 g/mol. The maximum atomic E-state index is 11.9. The minimum Gasteiger partial charge on any atom is -0.474 e. The molecule has 0 amide bonds. The largest absolute Gasteiger partial charge is 0.474 e. The molecule has 0 unspecified atom stereocenters. The molecule has 1 aromatic heterocycles. The number of hydrogen-bond donors (Lipinski definition) is 0. The number of aromatic nitrogens is 2. The first-order chi connectivity index (χ1) is 14.0. The third kappa shape index (κ3) is 4.10. The summed E-state index contributed by atoms with van der Waals surface area (Å²) in [5.41, 5.74) is 4.98. The summed E-state index contributed by atoms with van der Waals surface area (Å²) in [6, 6.07) is 0.650. The molecule has 0 aliphatic heterocycles. The number of Topliss-reactive ketones (excluding diaryl/α,β-unsaturated/α-hetero) is 1. The fraction of sp³-hybridized carbons (Fsp3) is 0.696. The molecule has 0 N–H and O–H groups in total. The predicted octanol–water partition coefficient (Wildman–Crippen LogP) is 3.44. The zero-order valence-corrected chi connectivity index (χ0v) is 18.1. The molecule has 0 radical (unpaired) electrons. The quantitative estimate of drug-likeness (QED) is 0.700. The smallest absolute Gasteiger partial charge is 0.224 e. The van der Waals surface area contributed by atoms with E-state index >= 15 is 0 Å². The van der Waals surface area contributed by atoms with Crippen LogP contribution in [0.2, 0.25) is 0 Å². The van der Waals surface area contributed by atoms with Crippen LogP contribution in [-0.4, -0.2) is 60.1 Å². The second-order valence-electron chi connectivity index (χ2n) is 9.01. The molecule has 158 valence electrons. The van der Waals surface area contributed by atoms with Crippen molar-refractivity contribution in [3.63, 3.8) is 0 Å². The lowest BCUT2D eigenvalue weighted by Crippen LogP contribution is -2.35. The van der Waals surface area contributed by atoms with Crippen LogP contribution in [0.25, 0.3) is 5.57 Å². The molecule has 3 aliphatic carbocycles.